The Morgan fingerprint density at radius 2 is 2.11 bits per heavy atom. The van der Waals surface area contributed by atoms with Crippen LogP contribution >= 0.6 is 12.2 Å². The fraction of sp³-hybridized carbons (Fsp3) is 0.0833. The summed E-state index contributed by atoms with van der Waals surface area (Å²) in [6.45, 7) is 1.93. The molecule has 7 heteroatoms. The zero-order valence-corrected chi connectivity index (χ0v) is 10.9. The Hall–Kier alpha value is -2.41. The average molecular weight is 276 g/mol. The van der Waals surface area contributed by atoms with Crippen molar-refractivity contribution < 1.29 is 5.11 Å². The molecule has 0 aliphatic carbocycles. The number of rotatable bonds is 3. The third-order valence-electron chi connectivity index (χ3n) is 2.48. The van der Waals surface area contributed by atoms with E-state index in [0.717, 1.165) is 11.3 Å². The molecule has 0 fully saturated rings. The molecule has 98 valence electrons. The maximum absolute atomic E-state index is 11.5. The minimum absolute atomic E-state index is 0.00897. The number of nitrogens with zero attached hydrogens (tertiary/aromatic N) is 1. The van der Waals surface area contributed by atoms with Crippen LogP contribution in [0, 0.1) is 11.7 Å². The quantitative estimate of drug-likeness (QED) is 0.391. The van der Waals surface area contributed by atoms with E-state index in [-0.39, 0.29) is 16.2 Å². The first kappa shape index (κ1) is 13.0. The third-order valence-corrected chi connectivity index (χ3v) is 2.69. The van der Waals surface area contributed by atoms with Gasteiger partial charge < -0.3 is 10.1 Å². The molecule has 1 heterocycles. The summed E-state index contributed by atoms with van der Waals surface area (Å²) in [5.74, 6) is -0.316. The number of hydrogen-bond acceptors (Lipinski definition) is 5. The molecule has 1 aromatic carbocycles. The monoisotopic (exact) mass is 276 g/mol. The van der Waals surface area contributed by atoms with Gasteiger partial charge in [0.1, 0.15) is 5.56 Å². The molecule has 19 heavy (non-hydrogen) atoms. The highest BCUT2D eigenvalue weighted by atomic mass is 32.1. The van der Waals surface area contributed by atoms with Crippen LogP contribution in [0.2, 0.25) is 0 Å². The van der Waals surface area contributed by atoms with Gasteiger partial charge in [-0.2, -0.15) is 5.10 Å². The van der Waals surface area contributed by atoms with Crippen molar-refractivity contribution in [2.45, 2.75) is 6.92 Å². The number of nitrogens with one attached hydrogen (secondary N) is 3. The summed E-state index contributed by atoms with van der Waals surface area (Å²) in [4.78, 5) is 16.3. The first-order valence-electron chi connectivity index (χ1n) is 5.48. The predicted octanol–water partition coefficient (Wildman–Crippen LogP) is 1.89. The molecule has 0 spiro atoms. The van der Waals surface area contributed by atoms with Crippen molar-refractivity contribution >= 4 is 24.1 Å². The lowest BCUT2D eigenvalue weighted by atomic mass is 10.2. The van der Waals surface area contributed by atoms with Gasteiger partial charge in [-0.25, -0.2) is 0 Å². The van der Waals surface area contributed by atoms with Gasteiger partial charge in [0, 0.05) is 0 Å². The lowest BCUT2D eigenvalue weighted by molar-refractivity contribution is 0.449. The fourth-order valence-electron chi connectivity index (χ4n) is 1.47. The SMILES string of the molecule is Cc1ccccc1N/N=C/c1c(O)[nH]c(=S)[nH]c1=O. The molecule has 0 saturated carbocycles. The Bertz CT molecular complexity index is 733. The maximum atomic E-state index is 11.5. The van der Waals surface area contributed by atoms with E-state index in [1.807, 2.05) is 31.2 Å². The molecular weight excluding hydrogens is 264 g/mol. The van der Waals surface area contributed by atoms with Crippen molar-refractivity contribution in [1.82, 2.24) is 9.97 Å². The fourth-order valence-corrected chi connectivity index (χ4v) is 1.66. The number of benzene rings is 1. The van der Waals surface area contributed by atoms with E-state index < -0.39 is 5.56 Å². The van der Waals surface area contributed by atoms with Crippen molar-refractivity contribution in [3.05, 3.63) is 50.5 Å². The summed E-state index contributed by atoms with van der Waals surface area (Å²) in [6.07, 6.45) is 1.23. The minimum atomic E-state index is -0.503. The molecule has 0 aliphatic rings. The molecule has 0 radical (unpaired) electrons. The molecule has 6 nitrogen and oxygen atoms in total. The van der Waals surface area contributed by atoms with Crippen LogP contribution in [0.3, 0.4) is 0 Å². The van der Waals surface area contributed by atoms with Crippen molar-refractivity contribution in [2.24, 2.45) is 5.10 Å². The van der Waals surface area contributed by atoms with Gasteiger partial charge in [0.05, 0.1) is 11.9 Å². The highest BCUT2D eigenvalue weighted by molar-refractivity contribution is 7.71. The number of hydrogen-bond donors (Lipinski definition) is 4. The smallest absolute Gasteiger partial charge is 0.264 e. The third kappa shape index (κ3) is 3.08. The highest BCUT2D eigenvalue weighted by Crippen LogP contribution is 2.12. The van der Waals surface area contributed by atoms with Crippen LogP contribution in [-0.4, -0.2) is 21.3 Å². The number of aryl methyl sites for hydroxylation is 1. The molecule has 0 saturated heterocycles. The standard InChI is InChI=1S/C12H12N4O2S/c1-7-4-2-3-5-9(7)16-13-6-8-10(17)14-12(19)15-11(8)18/h2-6,16H,1H3,(H3,14,15,17,18,19)/b13-6+. The summed E-state index contributed by atoms with van der Waals surface area (Å²) in [5.41, 5.74) is 4.14. The summed E-state index contributed by atoms with van der Waals surface area (Å²) in [7, 11) is 0. The van der Waals surface area contributed by atoms with E-state index in [4.69, 9.17) is 12.2 Å². The lowest BCUT2D eigenvalue weighted by Gasteiger charge is -2.03. The van der Waals surface area contributed by atoms with Gasteiger partial charge in [-0.1, -0.05) is 18.2 Å². The van der Waals surface area contributed by atoms with Crippen molar-refractivity contribution in [3.8, 4) is 5.88 Å². The number of aromatic amines is 2. The van der Waals surface area contributed by atoms with Crippen LogP contribution in [0.25, 0.3) is 0 Å². The molecule has 0 bridgehead atoms. The van der Waals surface area contributed by atoms with Gasteiger partial charge >= 0.3 is 0 Å². The van der Waals surface area contributed by atoms with Crippen LogP contribution in [0.5, 0.6) is 5.88 Å². The highest BCUT2D eigenvalue weighted by Gasteiger charge is 2.04. The molecule has 0 atom stereocenters. The van der Waals surface area contributed by atoms with Crippen molar-refractivity contribution in [3.63, 3.8) is 0 Å². The first-order chi connectivity index (χ1) is 9.08. The van der Waals surface area contributed by atoms with E-state index >= 15 is 0 Å². The Morgan fingerprint density at radius 1 is 1.37 bits per heavy atom. The van der Waals surface area contributed by atoms with Gasteiger partial charge in [-0.15, -0.1) is 0 Å². The molecular formula is C12H12N4O2S. The summed E-state index contributed by atoms with van der Waals surface area (Å²) in [6, 6.07) is 7.57. The van der Waals surface area contributed by atoms with Crippen LogP contribution in [-0.2, 0) is 0 Å². The van der Waals surface area contributed by atoms with Crippen LogP contribution < -0.4 is 11.0 Å². The van der Waals surface area contributed by atoms with Gasteiger partial charge in [0.25, 0.3) is 5.56 Å². The first-order valence-corrected chi connectivity index (χ1v) is 5.89. The van der Waals surface area contributed by atoms with Crippen LogP contribution in [0.4, 0.5) is 5.69 Å². The van der Waals surface area contributed by atoms with Gasteiger partial charge in [0.15, 0.2) is 4.77 Å². The van der Waals surface area contributed by atoms with Crippen LogP contribution in [0.1, 0.15) is 11.1 Å². The summed E-state index contributed by atoms with van der Waals surface area (Å²) >= 11 is 4.72. The van der Waals surface area contributed by atoms with E-state index in [9.17, 15) is 9.90 Å². The zero-order valence-electron chi connectivity index (χ0n) is 10.1. The average Bonchev–Trinajstić information content (AvgIpc) is 2.34. The number of hydrazone groups is 1. The number of aromatic nitrogens is 2. The number of para-hydroxylation sites is 1. The number of aromatic hydroxyl groups is 1. The molecule has 0 aliphatic heterocycles. The number of H-pyrrole nitrogens is 2. The molecule has 1 aromatic heterocycles. The molecule has 4 N–H and O–H groups in total. The zero-order chi connectivity index (χ0) is 13.8. The predicted molar refractivity (Wildman–Crippen MR) is 76.3 cm³/mol. The van der Waals surface area contributed by atoms with E-state index in [1.165, 1.54) is 6.21 Å². The van der Waals surface area contributed by atoms with Gasteiger partial charge in [-0.05, 0) is 30.8 Å². The van der Waals surface area contributed by atoms with Crippen molar-refractivity contribution in [1.29, 1.82) is 0 Å². The van der Waals surface area contributed by atoms with Gasteiger partial charge in [-0.3, -0.25) is 15.2 Å². The molecule has 2 aromatic rings. The largest absolute Gasteiger partial charge is 0.494 e. The summed E-state index contributed by atoms with van der Waals surface area (Å²) < 4.78 is 0.0616. The minimum Gasteiger partial charge on any atom is -0.494 e. The Kier molecular flexibility index (Phi) is 3.76. The maximum Gasteiger partial charge on any atom is 0.264 e. The van der Waals surface area contributed by atoms with E-state index in [2.05, 4.69) is 20.5 Å². The Morgan fingerprint density at radius 3 is 2.79 bits per heavy atom. The molecule has 0 unspecified atom stereocenters. The number of anilines is 1. The topological polar surface area (TPSA) is 93.3 Å². The Balaban J connectivity index is 2.23. The van der Waals surface area contributed by atoms with E-state index in [0.29, 0.717) is 0 Å². The van der Waals surface area contributed by atoms with Crippen LogP contribution in [0.15, 0.2) is 34.2 Å². The van der Waals surface area contributed by atoms with Crippen molar-refractivity contribution in [2.75, 3.05) is 5.43 Å². The molecule has 2 rings (SSSR count). The summed E-state index contributed by atoms with van der Waals surface area (Å²) in [5, 5.41) is 13.5. The Labute approximate surface area is 113 Å². The van der Waals surface area contributed by atoms with E-state index in [1.54, 1.807) is 0 Å². The normalized spacial score (nSPS) is 10.8. The second-order valence-corrected chi connectivity index (χ2v) is 4.26. The van der Waals surface area contributed by atoms with Gasteiger partial charge in [0.2, 0.25) is 5.88 Å². The molecule has 0 amide bonds. The second-order valence-electron chi connectivity index (χ2n) is 3.86. The second kappa shape index (κ2) is 5.49. The lowest BCUT2D eigenvalue weighted by Crippen LogP contribution is -2.14.